The van der Waals surface area contributed by atoms with Crippen molar-refractivity contribution in [3.63, 3.8) is 0 Å². The highest BCUT2D eigenvalue weighted by Crippen LogP contribution is 2.33. The van der Waals surface area contributed by atoms with E-state index in [2.05, 4.69) is 64.1 Å². The Morgan fingerprint density at radius 3 is 1.52 bits per heavy atom. The Labute approximate surface area is 152 Å². The van der Waals surface area contributed by atoms with Crippen molar-refractivity contribution < 1.29 is 0 Å². The van der Waals surface area contributed by atoms with Crippen LogP contribution in [0.1, 0.15) is 64.8 Å². The van der Waals surface area contributed by atoms with Gasteiger partial charge in [0, 0.05) is 0 Å². The fourth-order valence-corrected chi connectivity index (χ4v) is 4.53. The van der Waals surface area contributed by atoms with Gasteiger partial charge in [0.1, 0.15) is 0 Å². The summed E-state index contributed by atoms with van der Waals surface area (Å²) in [5.41, 5.74) is 15.1. The summed E-state index contributed by atoms with van der Waals surface area (Å²) in [5.74, 6) is 0. The number of rotatable bonds is 4. The molecule has 128 valence electrons. The van der Waals surface area contributed by atoms with Crippen molar-refractivity contribution in [2.45, 2.75) is 59.8 Å². The van der Waals surface area contributed by atoms with E-state index in [0.29, 0.717) is 0 Å². The van der Waals surface area contributed by atoms with E-state index < -0.39 is 0 Å². The second-order valence-corrected chi connectivity index (χ2v) is 8.06. The van der Waals surface area contributed by atoms with E-state index in [9.17, 15) is 0 Å². The molecule has 0 unspecified atom stereocenters. The van der Waals surface area contributed by atoms with Crippen LogP contribution in [0.15, 0.2) is 35.4 Å². The van der Waals surface area contributed by atoms with Crippen LogP contribution in [0, 0.1) is 13.8 Å². The standard InChI is InChI=1S/C25H28/c1-16-12-22-18(3)8-10-20(24(22)14-16)6-5-7-21-11-9-19(4)23-13-17(2)15-25(21)23/h8-11,14-15H,5-7,12-13H2,1-4H3. The lowest BCUT2D eigenvalue weighted by Crippen LogP contribution is -1.99. The van der Waals surface area contributed by atoms with E-state index >= 15 is 0 Å². The first-order chi connectivity index (χ1) is 12.0. The fraction of sp³-hybridized carbons (Fsp3) is 0.360. The van der Waals surface area contributed by atoms with Gasteiger partial charge in [0.05, 0.1) is 0 Å². The van der Waals surface area contributed by atoms with Crippen LogP contribution in [0.5, 0.6) is 0 Å². The number of aryl methyl sites for hydroxylation is 4. The van der Waals surface area contributed by atoms with Gasteiger partial charge in [0.2, 0.25) is 0 Å². The maximum atomic E-state index is 2.41. The van der Waals surface area contributed by atoms with Crippen molar-refractivity contribution in [1.29, 1.82) is 0 Å². The molecule has 0 spiro atoms. The van der Waals surface area contributed by atoms with Crippen molar-refractivity contribution in [2.24, 2.45) is 0 Å². The van der Waals surface area contributed by atoms with Crippen LogP contribution in [-0.4, -0.2) is 0 Å². The number of hydrogen-bond acceptors (Lipinski definition) is 0. The summed E-state index contributed by atoms with van der Waals surface area (Å²) in [6.07, 6.45) is 10.7. The van der Waals surface area contributed by atoms with Gasteiger partial charge in [0.25, 0.3) is 0 Å². The smallest absolute Gasteiger partial charge is 0.00579 e. The Morgan fingerprint density at radius 1 is 0.640 bits per heavy atom. The van der Waals surface area contributed by atoms with E-state index in [0.717, 1.165) is 12.8 Å². The molecule has 0 fully saturated rings. The zero-order chi connectivity index (χ0) is 17.6. The second kappa shape index (κ2) is 6.33. The number of fused-ring (bicyclic) bond motifs is 2. The van der Waals surface area contributed by atoms with Gasteiger partial charge in [-0.1, -0.05) is 47.6 Å². The van der Waals surface area contributed by atoms with E-state index in [1.54, 1.807) is 11.1 Å². The molecular formula is C25H28. The van der Waals surface area contributed by atoms with E-state index in [-0.39, 0.29) is 0 Å². The lowest BCUT2D eigenvalue weighted by atomic mass is 9.92. The monoisotopic (exact) mass is 328 g/mol. The number of benzene rings is 2. The van der Waals surface area contributed by atoms with Gasteiger partial charge in [0.15, 0.2) is 0 Å². The van der Waals surface area contributed by atoms with E-state index in [1.165, 1.54) is 63.8 Å². The minimum atomic E-state index is 1.14. The summed E-state index contributed by atoms with van der Waals surface area (Å²) in [4.78, 5) is 0. The van der Waals surface area contributed by atoms with Crippen LogP contribution >= 0.6 is 0 Å². The summed E-state index contributed by atoms with van der Waals surface area (Å²) in [5, 5.41) is 0. The van der Waals surface area contributed by atoms with Crippen molar-refractivity contribution in [3.8, 4) is 0 Å². The molecule has 2 aromatic carbocycles. The molecule has 0 aliphatic heterocycles. The zero-order valence-corrected chi connectivity index (χ0v) is 16.0. The molecule has 0 bridgehead atoms. The molecule has 0 heterocycles. The molecule has 0 heteroatoms. The highest BCUT2D eigenvalue weighted by atomic mass is 14.2. The summed E-state index contributed by atoms with van der Waals surface area (Å²) in [7, 11) is 0. The predicted octanol–water partition coefficient (Wildman–Crippen LogP) is 6.40. The third-order valence-corrected chi connectivity index (χ3v) is 5.95. The molecule has 0 radical (unpaired) electrons. The topological polar surface area (TPSA) is 0 Å². The molecule has 2 aromatic rings. The average molecular weight is 328 g/mol. The Bertz CT molecular complexity index is 831. The largest absolute Gasteiger partial charge is 0.0683 e. The van der Waals surface area contributed by atoms with E-state index in [1.807, 2.05) is 0 Å². The minimum absolute atomic E-state index is 1.14. The van der Waals surface area contributed by atoms with Crippen LogP contribution < -0.4 is 0 Å². The van der Waals surface area contributed by atoms with Gasteiger partial charge < -0.3 is 0 Å². The molecule has 2 aliphatic carbocycles. The molecule has 0 saturated heterocycles. The van der Waals surface area contributed by atoms with Crippen molar-refractivity contribution in [2.75, 3.05) is 0 Å². The lowest BCUT2D eigenvalue weighted by molar-refractivity contribution is 0.816. The number of allylic oxidation sites excluding steroid dienone is 2. The van der Waals surface area contributed by atoms with E-state index in [4.69, 9.17) is 0 Å². The van der Waals surface area contributed by atoms with Crippen molar-refractivity contribution >= 4 is 12.2 Å². The molecule has 0 amide bonds. The maximum Gasteiger partial charge on any atom is -0.00579 e. The first-order valence-electron chi connectivity index (χ1n) is 9.60. The molecule has 0 aromatic heterocycles. The molecular weight excluding hydrogens is 300 g/mol. The first kappa shape index (κ1) is 16.4. The summed E-state index contributed by atoms with van der Waals surface area (Å²) in [6, 6.07) is 9.34. The van der Waals surface area contributed by atoms with Crippen LogP contribution in [0.4, 0.5) is 0 Å². The normalized spacial score (nSPS) is 15.0. The lowest BCUT2D eigenvalue weighted by Gasteiger charge is -2.13. The van der Waals surface area contributed by atoms with Gasteiger partial charge in [-0.05, 0) is 104 Å². The SMILES string of the molecule is CC1=Cc2c(CCCc3ccc(C)c4c3C=C(C)C4)ccc(C)c2C1. The fourth-order valence-electron chi connectivity index (χ4n) is 4.53. The molecule has 0 N–H and O–H groups in total. The first-order valence-corrected chi connectivity index (χ1v) is 9.60. The zero-order valence-electron chi connectivity index (χ0n) is 16.0. The minimum Gasteiger partial charge on any atom is -0.0683 e. The van der Waals surface area contributed by atoms with Crippen LogP contribution in [0.25, 0.3) is 12.2 Å². The molecule has 25 heavy (non-hydrogen) atoms. The highest BCUT2D eigenvalue weighted by Gasteiger charge is 2.17. The molecule has 4 rings (SSSR count). The third-order valence-electron chi connectivity index (χ3n) is 5.95. The maximum absolute atomic E-state index is 2.41. The average Bonchev–Trinajstić information content (AvgIpc) is 3.15. The van der Waals surface area contributed by atoms with Gasteiger partial charge in [-0.15, -0.1) is 0 Å². The Balaban J connectivity index is 1.52. The Kier molecular flexibility index (Phi) is 4.15. The van der Waals surface area contributed by atoms with Crippen molar-refractivity contribution in [3.05, 3.63) is 79.9 Å². The second-order valence-electron chi connectivity index (χ2n) is 8.06. The van der Waals surface area contributed by atoms with Gasteiger partial charge in [-0.25, -0.2) is 0 Å². The van der Waals surface area contributed by atoms with Crippen LogP contribution in [0.3, 0.4) is 0 Å². The quantitative estimate of drug-likeness (QED) is 0.609. The molecule has 0 nitrogen and oxygen atoms in total. The third kappa shape index (κ3) is 2.99. The van der Waals surface area contributed by atoms with Crippen LogP contribution in [0.2, 0.25) is 0 Å². The van der Waals surface area contributed by atoms with Gasteiger partial charge in [-0.3, -0.25) is 0 Å². The number of hydrogen-bond donors (Lipinski definition) is 0. The highest BCUT2D eigenvalue weighted by molar-refractivity contribution is 5.69. The molecule has 0 atom stereocenters. The van der Waals surface area contributed by atoms with Gasteiger partial charge in [-0.2, -0.15) is 0 Å². The van der Waals surface area contributed by atoms with Crippen LogP contribution in [-0.2, 0) is 25.7 Å². The summed E-state index contributed by atoms with van der Waals surface area (Å²) < 4.78 is 0. The summed E-state index contributed by atoms with van der Waals surface area (Å²) in [6.45, 7) is 9.01. The van der Waals surface area contributed by atoms with Crippen molar-refractivity contribution in [1.82, 2.24) is 0 Å². The Morgan fingerprint density at radius 2 is 1.08 bits per heavy atom. The molecule has 2 aliphatic rings. The molecule has 0 saturated carbocycles. The Hall–Kier alpha value is -2.08. The summed E-state index contributed by atoms with van der Waals surface area (Å²) >= 11 is 0. The predicted molar refractivity (Wildman–Crippen MR) is 109 cm³/mol. The van der Waals surface area contributed by atoms with Gasteiger partial charge >= 0.3 is 0 Å².